The standard InChI is InChI=1S/C19H23N7O/c1-14(18-24-23-17-6-8-20-9-11-26(17)18)22-19(27)16-5-2-4-15(12-16)13-25-10-3-7-21-25/h2-5,7,10,12,14,20H,6,8-9,11,13H2,1H3,(H,22,27)/t14-/m0/s1. The smallest absolute Gasteiger partial charge is 0.251 e. The molecule has 1 aliphatic rings. The molecule has 140 valence electrons. The van der Waals surface area contributed by atoms with E-state index in [1.54, 1.807) is 6.20 Å². The Labute approximate surface area is 157 Å². The third-order valence-electron chi connectivity index (χ3n) is 4.72. The summed E-state index contributed by atoms with van der Waals surface area (Å²) < 4.78 is 3.94. The van der Waals surface area contributed by atoms with E-state index in [4.69, 9.17) is 0 Å². The van der Waals surface area contributed by atoms with Gasteiger partial charge in [-0.1, -0.05) is 12.1 Å². The van der Waals surface area contributed by atoms with Gasteiger partial charge < -0.3 is 15.2 Å². The van der Waals surface area contributed by atoms with E-state index in [0.29, 0.717) is 12.1 Å². The van der Waals surface area contributed by atoms with Gasteiger partial charge in [0.15, 0.2) is 5.82 Å². The van der Waals surface area contributed by atoms with Crippen LogP contribution in [0.25, 0.3) is 0 Å². The lowest BCUT2D eigenvalue weighted by Crippen LogP contribution is -2.29. The van der Waals surface area contributed by atoms with Crippen LogP contribution in [-0.4, -0.2) is 43.5 Å². The summed E-state index contributed by atoms with van der Waals surface area (Å²) in [5.74, 6) is 1.65. The van der Waals surface area contributed by atoms with Crippen LogP contribution in [0.1, 0.15) is 40.5 Å². The van der Waals surface area contributed by atoms with Gasteiger partial charge in [-0.3, -0.25) is 9.48 Å². The lowest BCUT2D eigenvalue weighted by Gasteiger charge is -2.15. The van der Waals surface area contributed by atoms with Gasteiger partial charge in [0, 0.05) is 44.0 Å². The van der Waals surface area contributed by atoms with E-state index in [2.05, 4.69) is 30.5 Å². The van der Waals surface area contributed by atoms with E-state index in [-0.39, 0.29) is 11.9 Å². The summed E-state index contributed by atoms with van der Waals surface area (Å²) in [6.45, 7) is 5.18. The van der Waals surface area contributed by atoms with E-state index in [0.717, 1.165) is 43.3 Å². The summed E-state index contributed by atoms with van der Waals surface area (Å²) in [6.07, 6.45) is 4.50. The Bertz CT molecular complexity index is 916. The quantitative estimate of drug-likeness (QED) is 0.708. The molecule has 1 atom stereocenters. The first-order chi connectivity index (χ1) is 13.2. The Morgan fingerprint density at radius 1 is 1.30 bits per heavy atom. The van der Waals surface area contributed by atoms with Crippen molar-refractivity contribution < 1.29 is 4.79 Å². The summed E-state index contributed by atoms with van der Waals surface area (Å²) in [6, 6.07) is 9.28. The number of aromatic nitrogens is 5. The number of nitrogens with one attached hydrogen (secondary N) is 2. The number of amides is 1. The van der Waals surface area contributed by atoms with Crippen LogP contribution in [0, 0.1) is 0 Å². The fraction of sp³-hybridized carbons (Fsp3) is 0.368. The summed E-state index contributed by atoms with van der Waals surface area (Å²) in [7, 11) is 0. The van der Waals surface area contributed by atoms with Crippen LogP contribution in [0.4, 0.5) is 0 Å². The number of carbonyl (C=O) groups excluding carboxylic acids is 1. The van der Waals surface area contributed by atoms with Crippen LogP contribution in [-0.2, 0) is 19.5 Å². The van der Waals surface area contributed by atoms with Crippen LogP contribution in [0.3, 0.4) is 0 Å². The molecule has 0 spiro atoms. The first-order valence-corrected chi connectivity index (χ1v) is 9.20. The van der Waals surface area contributed by atoms with Crippen LogP contribution in [0.5, 0.6) is 0 Å². The second-order valence-corrected chi connectivity index (χ2v) is 6.73. The molecule has 0 radical (unpaired) electrons. The van der Waals surface area contributed by atoms with Gasteiger partial charge in [-0.15, -0.1) is 10.2 Å². The van der Waals surface area contributed by atoms with Gasteiger partial charge in [-0.2, -0.15) is 5.10 Å². The number of fused-ring (bicyclic) bond motifs is 1. The maximum Gasteiger partial charge on any atom is 0.251 e. The molecule has 0 aliphatic carbocycles. The molecule has 0 bridgehead atoms. The summed E-state index contributed by atoms with van der Waals surface area (Å²) in [5.41, 5.74) is 1.66. The molecule has 1 aliphatic heterocycles. The van der Waals surface area contributed by atoms with Crippen LogP contribution < -0.4 is 10.6 Å². The Balaban J connectivity index is 1.47. The van der Waals surface area contributed by atoms with Crippen molar-refractivity contribution in [1.82, 2.24) is 35.2 Å². The molecule has 1 aromatic carbocycles. The Kier molecular flexibility index (Phi) is 4.97. The fourth-order valence-electron chi connectivity index (χ4n) is 3.35. The zero-order valence-electron chi connectivity index (χ0n) is 15.3. The van der Waals surface area contributed by atoms with E-state index in [1.807, 2.05) is 48.1 Å². The Morgan fingerprint density at radius 3 is 3.07 bits per heavy atom. The van der Waals surface area contributed by atoms with Crippen molar-refractivity contribution in [2.45, 2.75) is 32.5 Å². The van der Waals surface area contributed by atoms with Crippen molar-refractivity contribution in [3.8, 4) is 0 Å². The molecule has 4 rings (SSSR count). The Morgan fingerprint density at radius 2 is 2.22 bits per heavy atom. The molecular weight excluding hydrogens is 342 g/mol. The van der Waals surface area contributed by atoms with Gasteiger partial charge >= 0.3 is 0 Å². The molecule has 3 heterocycles. The highest BCUT2D eigenvalue weighted by molar-refractivity contribution is 5.94. The molecule has 2 N–H and O–H groups in total. The number of carbonyl (C=O) groups is 1. The number of hydrogen-bond acceptors (Lipinski definition) is 5. The molecule has 8 heteroatoms. The van der Waals surface area contributed by atoms with Gasteiger partial charge in [0.1, 0.15) is 5.82 Å². The first-order valence-electron chi connectivity index (χ1n) is 9.20. The average molecular weight is 365 g/mol. The topological polar surface area (TPSA) is 89.7 Å². The summed E-state index contributed by atoms with van der Waals surface area (Å²) in [5, 5.41) is 19.2. The van der Waals surface area contributed by atoms with Gasteiger partial charge in [-0.05, 0) is 30.7 Å². The molecule has 0 unspecified atom stereocenters. The molecule has 8 nitrogen and oxygen atoms in total. The van der Waals surface area contributed by atoms with E-state index >= 15 is 0 Å². The zero-order valence-corrected chi connectivity index (χ0v) is 15.3. The van der Waals surface area contributed by atoms with Crippen molar-refractivity contribution in [2.75, 3.05) is 13.1 Å². The van der Waals surface area contributed by atoms with Crippen molar-refractivity contribution in [3.63, 3.8) is 0 Å². The van der Waals surface area contributed by atoms with Crippen LogP contribution in [0.15, 0.2) is 42.7 Å². The van der Waals surface area contributed by atoms with E-state index in [1.165, 1.54) is 0 Å². The number of benzene rings is 1. The first kappa shape index (κ1) is 17.4. The fourth-order valence-corrected chi connectivity index (χ4v) is 3.35. The zero-order chi connectivity index (χ0) is 18.6. The third kappa shape index (κ3) is 3.90. The minimum atomic E-state index is -0.216. The summed E-state index contributed by atoms with van der Waals surface area (Å²) in [4.78, 5) is 12.7. The van der Waals surface area contributed by atoms with Crippen molar-refractivity contribution in [1.29, 1.82) is 0 Å². The molecule has 3 aromatic rings. The maximum absolute atomic E-state index is 12.7. The highest BCUT2D eigenvalue weighted by Gasteiger charge is 2.21. The van der Waals surface area contributed by atoms with Crippen molar-refractivity contribution in [2.24, 2.45) is 0 Å². The third-order valence-corrected chi connectivity index (χ3v) is 4.72. The Hall–Kier alpha value is -3.00. The van der Waals surface area contributed by atoms with Crippen molar-refractivity contribution >= 4 is 5.91 Å². The van der Waals surface area contributed by atoms with Crippen LogP contribution in [0.2, 0.25) is 0 Å². The number of rotatable bonds is 5. The predicted molar refractivity (Wildman–Crippen MR) is 100 cm³/mol. The minimum Gasteiger partial charge on any atom is -0.342 e. The molecule has 0 saturated carbocycles. The van der Waals surface area contributed by atoms with Gasteiger partial charge in [0.2, 0.25) is 0 Å². The monoisotopic (exact) mass is 365 g/mol. The van der Waals surface area contributed by atoms with Gasteiger partial charge in [0.05, 0.1) is 12.6 Å². The molecular formula is C19H23N7O. The lowest BCUT2D eigenvalue weighted by atomic mass is 10.1. The maximum atomic E-state index is 12.7. The highest BCUT2D eigenvalue weighted by atomic mass is 16.1. The highest BCUT2D eigenvalue weighted by Crippen LogP contribution is 2.15. The second kappa shape index (κ2) is 7.71. The SMILES string of the molecule is C[C@H](NC(=O)c1cccc(Cn2cccn2)c1)c1nnc2n1CCNCC2. The molecule has 1 amide bonds. The van der Waals surface area contributed by atoms with Crippen molar-refractivity contribution in [3.05, 3.63) is 65.5 Å². The van der Waals surface area contributed by atoms with Gasteiger partial charge in [-0.25, -0.2) is 0 Å². The largest absolute Gasteiger partial charge is 0.342 e. The lowest BCUT2D eigenvalue weighted by molar-refractivity contribution is 0.0937. The average Bonchev–Trinajstić information content (AvgIpc) is 3.26. The second-order valence-electron chi connectivity index (χ2n) is 6.73. The molecule has 2 aromatic heterocycles. The number of nitrogens with zero attached hydrogens (tertiary/aromatic N) is 5. The molecule has 0 saturated heterocycles. The number of hydrogen-bond donors (Lipinski definition) is 2. The van der Waals surface area contributed by atoms with E-state index < -0.39 is 0 Å². The predicted octanol–water partition coefficient (Wildman–Crippen LogP) is 1.16. The molecule has 27 heavy (non-hydrogen) atoms. The van der Waals surface area contributed by atoms with E-state index in [9.17, 15) is 4.79 Å². The summed E-state index contributed by atoms with van der Waals surface area (Å²) >= 11 is 0. The van der Waals surface area contributed by atoms with Gasteiger partial charge in [0.25, 0.3) is 5.91 Å². The normalized spacial score (nSPS) is 15.0. The molecule has 0 fully saturated rings. The van der Waals surface area contributed by atoms with Crippen LogP contribution >= 0.6 is 0 Å². The minimum absolute atomic E-state index is 0.117.